The molecule has 1 aromatic heterocycles. The lowest BCUT2D eigenvalue weighted by Gasteiger charge is -2.32. The van der Waals surface area contributed by atoms with E-state index in [1.807, 2.05) is 13.0 Å². The van der Waals surface area contributed by atoms with Crippen molar-refractivity contribution in [2.24, 2.45) is 0 Å². The molecule has 1 fully saturated rings. The highest BCUT2D eigenvalue weighted by Crippen LogP contribution is 2.31. The molecule has 1 amide bonds. The molecule has 128 valence electrons. The van der Waals surface area contributed by atoms with Crippen molar-refractivity contribution in [3.8, 4) is 0 Å². The molecule has 6 heteroatoms. The van der Waals surface area contributed by atoms with Gasteiger partial charge in [0, 0.05) is 10.9 Å². The van der Waals surface area contributed by atoms with Crippen LogP contribution in [0.4, 0.5) is 4.39 Å². The summed E-state index contributed by atoms with van der Waals surface area (Å²) < 4.78 is 13.2. The van der Waals surface area contributed by atoms with Crippen molar-refractivity contribution in [1.29, 1.82) is 0 Å². The van der Waals surface area contributed by atoms with E-state index < -0.39 is 5.82 Å². The van der Waals surface area contributed by atoms with Crippen LogP contribution in [-0.2, 0) is 0 Å². The number of hydrogen-bond acceptors (Lipinski definition) is 3. The molecule has 2 heterocycles. The Morgan fingerprint density at radius 3 is 2.71 bits per heavy atom. The summed E-state index contributed by atoms with van der Waals surface area (Å²) >= 11 is 7.71. The molecule has 3 rings (SSSR count). The second-order valence-electron chi connectivity index (χ2n) is 6.09. The molecule has 0 unspecified atom stereocenters. The molecular formula is C18H20ClFN2OS. The number of nitrogens with zero attached hydrogens (tertiary/aromatic N) is 1. The lowest BCUT2D eigenvalue weighted by molar-refractivity contribution is 0.0908. The third-order valence-corrected chi connectivity index (χ3v) is 5.63. The second kappa shape index (κ2) is 7.64. The van der Waals surface area contributed by atoms with Crippen LogP contribution in [0, 0.1) is 5.82 Å². The zero-order valence-corrected chi connectivity index (χ0v) is 15.0. The number of carbonyl (C=O) groups excluding carboxylic acids is 1. The number of halogens is 2. The molecule has 1 saturated heterocycles. The van der Waals surface area contributed by atoms with Gasteiger partial charge in [-0.1, -0.05) is 17.7 Å². The summed E-state index contributed by atoms with van der Waals surface area (Å²) in [7, 11) is 0. The number of hydrogen-bond donors (Lipinski definition) is 1. The molecule has 1 N–H and O–H groups in total. The van der Waals surface area contributed by atoms with Gasteiger partial charge >= 0.3 is 0 Å². The Bertz CT molecular complexity index is 701. The van der Waals surface area contributed by atoms with E-state index in [2.05, 4.69) is 21.7 Å². The highest BCUT2D eigenvalue weighted by Gasteiger charge is 2.30. The Kier molecular flexibility index (Phi) is 5.54. The van der Waals surface area contributed by atoms with Crippen LogP contribution >= 0.6 is 22.9 Å². The van der Waals surface area contributed by atoms with Crippen molar-refractivity contribution in [1.82, 2.24) is 10.2 Å². The molecule has 0 saturated carbocycles. The SMILES string of the molecule is C[C@@H](NC(=O)c1ccc(F)cc1Cl)[C@@H](c1cccs1)N1CCCC1. The zero-order chi connectivity index (χ0) is 17.1. The summed E-state index contributed by atoms with van der Waals surface area (Å²) in [5.74, 6) is -0.716. The maximum atomic E-state index is 13.2. The topological polar surface area (TPSA) is 32.3 Å². The number of thiophene rings is 1. The van der Waals surface area contributed by atoms with E-state index in [-0.39, 0.29) is 23.0 Å². The Balaban J connectivity index is 1.77. The van der Waals surface area contributed by atoms with Gasteiger partial charge in [0.1, 0.15) is 5.82 Å². The molecule has 0 bridgehead atoms. The van der Waals surface area contributed by atoms with Gasteiger partial charge in [0.05, 0.1) is 16.6 Å². The number of likely N-dealkylation sites (tertiary alicyclic amines) is 1. The van der Waals surface area contributed by atoms with Crippen LogP contribution < -0.4 is 5.32 Å². The fraction of sp³-hybridized carbons (Fsp3) is 0.389. The quantitative estimate of drug-likeness (QED) is 0.845. The molecule has 1 aliphatic heterocycles. The van der Waals surface area contributed by atoms with E-state index in [1.165, 1.54) is 35.9 Å². The molecule has 24 heavy (non-hydrogen) atoms. The largest absolute Gasteiger partial charge is 0.348 e. The highest BCUT2D eigenvalue weighted by molar-refractivity contribution is 7.10. The molecule has 2 aromatic rings. The number of rotatable bonds is 5. The maximum absolute atomic E-state index is 13.2. The Morgan fingerprint density at radius 2 is 2.08 bits per heavy atom. The third-order valence-electron chi connectivity index (χ3n) is 4.38. The van der Waals surface area contributed by atoms with Crippen LogP contribution in [0.15, 0.2) is 35.7 Å². The summed E-state index contributed by atoms with van der Waals surface area (Å²) in [5.41, 5.74) is 0.302. The van der Waals surface area contributed by atoms with E-state index >= 15 is 0 Å². The molecule has 0 spiro atoms. The van der Waals surface area contributed by atoms with E-state index in [0.717, 1.165) is 13.1 Å². The van der Waals surface area contributed by atoms with Crippen LogP contribution in [0.25, 0.3) is 0 Å². The van der Waals surface area contributed by atoms with Crippen LogP contribution in [0.1, 0.15) is 41.0 Å². The third kappa shape index (κ3) is 3.79. The van der Waals surface area contributed by atoms with Crippen molar-refractivity contribution in [2.45, 2.75) is 31.8 Å². The van der Waals surface area contributed by atoms with Gasteiger partial charge in [-0.15, -0.1) is 11.3 Å². The average Bonchev–Trinajstić information content (AvgIpc) is 3.21. The van der Waals surface area contributed by atoms with Crippen LogP contribution in [0.5, 0.6) is 0 Å². The minimum absolute atomic E-state index is 0.0737. The second-order valence-corrected chi connectivity index (χ2v) is 7.48. The summed E-state index contributed by atoms with van der Waals surface area (Å²) in [6.07, 6.45) is 2.37. The monoisotopic (exact) mass is 366 g/mol. The predicted molar refractivity (Wildman–Crippen MR) is 96.2 cm³/mol. The van der Waals surface area contributed by atoms with Gasteiger partial charge in [0.25, 0.3) is 5.91 Å². The lowest BCUT2D eigenvalue weighted by atomic mass is 10.1. The van der Waals surface area contributed by atoms with Crippen LogP contribution in [-0.4, -0.2) is 29.9 Å². The minimum atomic E-state index is -0.446. The van der Waals surface area contributed by atoms with Crippen molar-refractivity contribution >= 4 is 28.8 Å². The number of nitrogens with one attached hydrogen (secondary N) is 1. The van der Waals surface area contributed by atoms with E-state index in [0.29, 0.717) is 5.56 Å². The first-order valence-corrected chi connectivity index (χ1v) is 9.35. The fourth-order valence-corrected chi connectivity index (χ4v) is 4.48. The van der Waals surface area contributed by atoms with Crippen molar-refractivity contribution in [3.63, 3.8) is 0 Å². The smallest absolute Gasteiger partial charge is 0.253 e. The predicted octanol–water partition coefficient (Wildman–Crippen LogP) is 4.50. The van der Waals surface area contributed by atoms with E-state index in [9.17, 15) is 9.18 Å². The van der Waals surface area contributed by atoms with E-state index in [4.69, 9.17) is 11.6 Å². The average molecular weight is 367 g/mol. The molecule has 0 radical (unpaired) electrons. The fourth-order valence-electron chi connectivity index (χ4n) is 3.26. The van der Waals surface area contributed by atoms with Crippen molar-refractivity contribution < 1.29 is 9.18 Å². The summed E-state index contributed by atoms with van der Waals surface area (Å²) in [4.78, 5) is 16.2. The first-order chi connectivity index (χ1) is 11.6. The van der Waals surface area contributed by atoms with Crippen LogP contribution in [0.2, 0.25) is 5.02 Å². The van der Waals surface area contributed by atoms with Crippen LogP contribution in [0.3, 0.4) is 0 Å². The van der Waals surface area contributed by atoms with Gasteiger partial charge in [0.2, 0.25) is 0 Å². The minimum Gasteiger partial charge on any atom is -0.348 e. The molecular weight excluding hydrogens is 347 g/mol. The Hall–Kier alpha value is -1.43. The lowest BCUT2D eigenvalue weighted by Crippen LogP contribution is -2.43. The highest BCUT2D eigenvalue weighted by atomic mass is 35.5. The first kappa shape index (κ1) is 17.4. The van der Waals surface area contributed by atoms with Crippen molar-refractivity contribution in [2.75, 3.05) is 13.1 Å². The zero-order valence-electron chi connectivity index (χ0n) is 13.5. The number of amides is 1. The number of benzene rings is 1. The van der Waals surface area contributed by atoms with Gasteiger partial charge in [-0.2, -0.15) is 0 Å². The normalized spacial score (nSPS) is 17.6. The summed E-state index contributed by atoms with van der Waals surface area (Å²) in [6.45, 7) is 4.10. The maximum Gasteiger partial charge on any atom is 0.253 e. The van der Waals surface area contributed by atoms with Gasteiger partial charge in [-0.25, -0.2) is 4.39 Å². The first-order valence-electron chi connectivity index (χ1n) is 8.09. The Labute approximate surface area is 150 Å². The van der Waals surface area contributed by atoms with Gasteiger partial charge < -0.3 is 5.32 Å². The summed E-state index contributed by atoms with van der Waals surface area (Å²) in [6, 6.07) is 8.07. The Morgan fingerprint density at radius 1 is 1.33 bits per heavy atom. The molecule has 1 aromatic carbocycles. The van der Waals surface area contributed by atoms with E-state index in [1.54, 1.807) is 11.3 Å². The van der Waals surface area contributed by atoms with Gasteiger partial charge in [-0.3, -0.25) is 9.69 Å². The molecule has 1 aliphatic rings. The van der Waals surface area contributed by atoms with Gasteiger partial charge in [-0.05, 0) is 62.5 Å². The molecule has 2 atom stereocenters. The number of carbonyl (C=O) groups is 1. The molecule has 3 nitrogen and oxygen atoms in total. The summed E-state index contributed by atoms with van der Waals surface area (Å²) in [5, 5.41) is 5.23. The van der Waals surface area contributed by atoms with Crippen molar-refractivity contribution in [3.05, 3.63) is 57.0 Å². The van der Waals surface area contributed by atoms with Gasteiger partial charge in [0.15, 0.2) is 0 Å². The standard InChI is InChI=1S/C18H20ClFN2OS/c1-12(21-18(23)14-7-6-13(20)11-15(14)19)17(16-5-4-10-24-16)22-8-2-3-9-22/h4-7,10-12,17H,2-3,8-9H2,1H3,(H,21,23)/t12-,17+/m1/s1. The molecule has 0 aliphatic carbocycles.